The number of hydrogen-bond donors (Lipinski definition) is 1. The quantitative estimate of drug-likeness (QED) is 0.912. The van der Waals surface area contributed by atoms with Gasteiger partial charge in [-0.3, -0.25) is 0 Å². The predicted molar refractivity (Wildman–Crippen MR) is 77.5 cm³/mol. The molecular weight excluding hydrogens is 255 g/mol. The maximum atomic E-state index is 14.0. The lowest BCUT2D eigenvalue weighted by Crippen LogP contribution is -2.20. The second-order valence-corrected chi connectivity index (χ2v) is 5.05. The van der Waals surface area contributed by atoms with E-state index < -0.39 is 0 Å². The van der Waals surface area contributed by atoms with Crippen LogP contribution in [-0.2, 0) is 0 Å². The Labute approximate surface area is 119 Å². The zero-order valence-electron chi connectivity index (χ0n) is 12.4. The Morgan fingerprint density at radius 3 is 2.75 bits per heavy atom. The van der Waals surface area contributed by atoms with Crippen molar-refractivity contribution in [2.45, 2.75) is 40.2 Å². The average molecular weight is 276 g/mol. The summed E-state index contributed by atoms with van der Waals surface area (Å²) in [5, 5.41) is 11.7. The van der Waals surface area contributed by atoms with Gasteiger partial charge in [-0.1, -0.05) is 24.3 Å². The molecule has 1 atom stereocenters. The highest BCUT2D eigenvalue weighted by molar-refractivity contribution is 5.42. The summed E-state index contributed by atoms with van der Waals surface area (Å²) in [5.74, 6) is -0.279. The zero-order valence-corrected chi connectivity index (χ0v) is 12.4. The fraction of sp³-hybridized carbons (Fsp3) is 0.467. The minimum absolute atomic E-state index is 0.107. The third kappa shape index (κ3) is 2.72. The van der Waals surface area contributed by atoms with E-state index in [0.29, 0.717) is 5.69 Å². The van der Waals surface area contributed by atoms with Crippen molar-refractivity contribution in [1.82, 2.24) is 20.3 Å². The molecular formula is C15H21FN4. The first-order valence-electron chi connectivity index (χ1n) is 6.97. The Hall–Kier alpha value is -1.75. The first-order chi connectivity index (χ1) is 9.56. The van der Waals surface area contributed by atoms with Crippen molar-refractivity contribution in [2.75, 3.05) is 6.54 Å². The number of halogens is 1. The van der Waals surface area contributed by atoms with Crippen molar-refractivity contribution in [3.8, 4) is 5.69 Å². The monoisotopic (exact) mass is 276 g/mol. The highest BCUT2D eigenvalue weighted by Gasteiger charge is 2.18. The Kier molecular flexibility index (Phi) is 4.49. The summed E-state index contributed by atoms with van der Waals surface area (Å²) in [7, 11) is 0. The molecule has 108 valence electrons. The van der Waals surface area contributed by atoms with Gasteiger partial charge in [-0.2, -0.15) is 0 Å². The molecule has 0 spiro atoms. The van der Waals surface area contributed by atoms with E-state index in [2.05, 4.69) is 22.6 Å². The average Bonchev–Trinajstić information content (AvgIpc) is 2.78. The molecule has 0 aliphatic carbocycles. The summed E-state index contributed by atoms with van der Waals surface area (Å²) in [6, 6.07) is 5.13. The van der Waals surface area contributed by atoms with E-state index in [1.807, 2.05) is 26.8 Å². The van der Waals surface area contributed by atoms with Crippen molar-refractivity contribution in [3.05, 3.63) is 41.0 Å². The van der Waals surface area contributed by atoms with Gasteiger partial charge in [-0.15, -0.1) is 5.10 Å². The lowest BCUT2D eigenvalue weighted by Gasteiger charge is -2.12. The first kappa shape index (κ1) is 14.7. The van der Waals surface area contributed by atoms with Gasteiger partial charge in [-0.05, 0) is 45.4 Å². The Morgan fingerprint density at radius 1 is 1.35 bits per heavy atom. The minimum Gasteiger partial charge on any atom is -0.309 e. The second-order valence-electron chi connectivity index (χ2n) is 5.05. The van der Waals surface area contributed by atoms with E-state index >= 15 is 0 Å². The summed E-state index contributed by atoms with van der Waals surface area (Å²) >= 11 is 0. The van der Waals surface area contributed by atoms with Crippen molar-refractivity contribution in [2.24, 2.45) is 0 Å². The summed E-state index contributed by atoms with van der Waals surface area (Å²) in [4.78, 5) is 0. The second kappa shape index (κ2) is 6.13. The van der Waals surface area contributed by atoms with Gasteiger partial charge < -0.3 is 5.32 Å². The Balaban J connectivity index is 2.38. The van der Waals surface area contributed by atoms with Crippen molar-refractivity contribution < 1.29 is 4.39 Å². The van der Waals surface area contributed by atoms with E-state index in [-0.39, 0.29) is 11.9 Å². The lowest BCUT2D eigenvalue weighted by atomic mass is 10.1. The summed E-state index contributed by atoms with van der Waals surface area (Å²) in [6.07, 6.45) is 1.06. The van der Waals surface area contributed by atoms with Crippen molar-refractivity contribution in [1.29, 1.82) is 0 Å². The van der Waals surface area contributed by atoms with Crippen molar-refractivity contribution >= 4 is 0 Å². The molecule has 2 aromatic rings. The van der Waals surface area contributed by atoms with Gasteiger partial charge in [0, 0.05) is 0 Å². The Morgan fingerprint density at radius 2 is 2.10 bits per heavy atom. The molecule has 0 aliphatic rings. The van der Waals surface area contributed by atoms with Gasteiger partial charge in [0.15, 0.2) is 0 Å². The van der Waals surface area contributed by atoms with E-state index in [4.69, 9.17) is 0 Å². The molecule has 0 radical (unpaired) electrons. The van der Waals surface area contributed by atoms with Crippen LogP contribution in [0, 0.1) is 19.7 Å². The molecule has 0 aliphatic heterocycles. The maximum Gasteiger partial charge on any atom is 0.149 e. The topological polar surface area (TPSA) is 42.7 Å². The molecule has 1 N–H and O–H groups in total. The smallest absolute Gasteiger partial charge is 0.149 e. The predicted octanol–water partition coefficient (Wildman–Crippen LogP) is 3.08. The molecule has 0 saturated heterocycles. The molecule has 1 heterocycles. The molecule has 1 aromatic carbocycles. The number of aromatic nitrogens is 3. The Bertz CT molecular complexity index is 571. The van der Waals surface area contributed by atoms with Gasteiger partial charge in [0.05, 0.1) is 11.7 Å². The van der Waals surface area contributed by atoms with Gasteiger partial charge in [-0.25, -0.2) is 9.07 Å². The molecule has 0 saturated carbocycles. The molecule has 1 unspecified atom stereocenters. The van der Waals surface area contributed by atoms with Crippen LogP contribution < -0.4 is 5.32 Å². The summed E-state index contributed by atoms with van der Waals surface area (Å²) in [5.41, 5.74) is 3.06. The van der Waals surface area contributed by atoms with Gasteiger partial charge >= 0.3 is 0 Å². The van der Waals surface area contributed by atoms with Crippen LogP contribution in [0.5, 0.6) is 0 Å². The highest BCUT2D eigenvalue weighted by Crippen LogP contribution is 2.22. The van der Waals surface area contributed by atoms with E-state index in [1.54, 1.807) is 10.7 Å². The number of benzene rings is 1. The molecule has 0 fully saturated rings. The fourth-order valence-electron chi connectivity index (χ4n) is 2.30. The minimum atomic E-state index is -0.279. The largest absolute Gasteiger partial charge is 0.309 e. The van der Waals surface area contributed by atoms with Crippen LogP contribution in [0.2, 0.25) is 0 Å². The third-order valence-electron chi connectivity index (χ3n) is 3.44. The van der Waals surface area contributed by atoms with Crippen LogP contribution in [0.4, 0.5) is 4.39 Å². The number of rotatable bonds is 5. The van der Waals surface area contributed by atoms with Gasteiger partial charge in [0.2, 0.25) is 0 Å². The van der Waals surface area contributed by atoms with Crippen LogP contribution in [0.3, 0.4) is 0 Å². The summed E-state index contributed by atoms with van der Waals surface area (Å²) < 4.78 is 15.6. The van der Waals surface area contributed by atoms with E-state index in [0.717, 1.165) is 29.9 Å². The van der Waals surface area contributed by atoms with Crippen LogP contribution in [0.1, 0.15) is 43.3 Å². The number of nitrogens with zero attached hydrogens (tertiary/aromatic N) is 3. The molecule has 20 heavy (non-hydrogen) atoms. The normalized spacial score (nSPS) is 12.7. The standard InChI is InChI=1S/C15H21FN4/c1-5-9-17-11(3)14-12(4)20(19-18-14)15-10(2)7-6-8-13(15)16/h6-8,11,17H,5,9H2,1-4H3. The van der Waals surface area contributed by atoms with Crippen LogP contribution in [-0.4, -0.2) is 21.5 Å². The van der Waals surface area contributed by atoms with Crippen LogP contribution in [0.25, 0.3) is 5.69 Å². The van der Waals surface area contributed by atoms with Crippen LogP contribution in [0.15, 0.2) is 18.2 Å². The molecule has 0 bridgehead atoms. The van der Waals surface area contributed by atoms with E-state index in [9.17, 15) is 4.39 Å². The van der Waals surface area contributed by atoms with Gasteiger partial charge in [0.25, 0.3) is 0 Å². The molecule has 1 aromatic heterocycles. The molecule has 5 heteroatoms. The van der Waals surface area contributed by atoms with Gasteiger partial charge in [0.1, 0.15) is 17.2 Å². The van der Waals surface area contributed by atoms with Crippen LogP contribution >= 0.6 is 0 Å². The molecule has 0 amide bonds. The number of aryl methyl sites for hydroxylation is 1. The SMILES string of the molecule is CCCNC(C)c1nnn(-c2c(C)cccc2F)c1C. The lowest BCUT2D eigenvalue weighted by molar-refractivity contribution is 0.555. The number of para-hydroxylation sites is 1. The summed E-state index contributed by atoms with van der Waals surface area (Å²) in [6.45, 7) is 8.88. The van der Waals surface area contributed by atoms with E-state index in [1.165, 1.54) is 6.07 Å². The number of nitrogens with one attached hydrogen (secondary N) is 1. The third-order valence-corrected chi connectivity index (χ3v) is 3.44. The maximum absolute atomic E-state index is 14.0. The molecule has 2 rings (SSSR count). The first-order valence-corrected chi connectivity index (χ1v) is 6.97. The zero-order chi connectivity index (χ0) is 14.7. The highest BCUT2D eigenvalue weighted by atomic mass is 19.1. The molecule has 4 nitrogen and oxygen atoms in total. The van der Waals surface area contributed by atoms with Crippen molar-refractivity contribution in [3.63, 3.8) is 0 Å². The number of hydrogen-bond acceptors (Lipinski definition) is 3. The fourth-order valence-corrected chi connectivity index (χ4v) is 2.30.